The number of halogens is 1. The van der Waals surface area contributed by atoms with Crippen molar-refractivity contribution in [2.45, 2.75) is 26.2 Å². The molecule has 0 aliphatic heterocycles. The molecule has 1 amide bonds. The molecule has 3 N–H and O–H groups in total. The average Bonchev–Trinajstić information content (AvgIpc) is 2.83. The highest BCUT2D eigenvalue weighted by molar-refractivity contribution is 6.05. The summed E-state index contributed by atoms with van der Waals surface area (Å²) in [6, 6.07) is 14.5. The largest absolute Gasteiger partial charge is 0.481 e. The Morgan fingerprint density at radius 2 is 1.78 bits per heavy atom. The number of hydrogen-bond acceptors (Lipinski definition) is 5. The van der Waals surface area contributed by atoms with Crippen molar-refractivity contribution in [3.05, 3.63) is 93.8 Å². The molecule has 0 bridgehead atoms. The molecule has 0 spiro atoms. The van der Waals surface area contributed by atoms with Gasteiger partial charge in [-0.25, -0.2) is 9.37 Å². The first-order valence-electron chi connectivity index (χ1n) is 11.2. The molecule has 1 aromatic heterocycles. The van der Waals surface area contributed by atoms with Gasteiger partial charge >= 0.3 is 5.97 Å². The van der Waals surface area contributed by atoms with E-state index < -0.39 is 23.1 Å². The lowest BCUT2D eigenvalue weighted by molar-refractivity contribution is -0.142. The van der Waals surface area contributed by atoms with Gasteiger partial charge in [-0.2, -0.15) is 0 Å². The fraction of sp³-hybridized carbons (Fsp3) is 0.185. The van der Waals surface area contributed by atoms with Gasteiger partial charge in [0.25, 0.3) is 11.5 Å². The number of nitrogens with zero attached hydrogens (tertiary/aromatic N) is 2. The van der Waals surface area contributed by atoms with Crippen molar-refractivity contribution >= 4 is 39.8 Å². The topological polar surface area (TPSA) is 113 Å². The van der Waals surface area contributed by atoms with Crippen molar-refractivity contribution in [3.63, 3.8) is 0 Å². The predicted molar refractivity (Wildman–Crippen MR) is 136 cm³/mol. The Balaban J connectivity index is 1.61. The summed E-state index contributed by atoms with van der Waals surface area (Å²) in [5.74, 6) is -2.78. The van der Waals surface area contributed by atoms with Crippen LogP contribution in [0, 0.1) is 12.7 Å². The third kappa shape index (κ3) is 4.55. The number of carbonyl (C=O) groups excluding carboxylic acids is 1. The summed E-state index contributed by atoms with van der Waals surface area (Å²) in [6.07, 6.45) is 1.47. The summed E-state index contributed by atoms with van der Waals surface area (Å²) in [5, 5.41) is 15.8. The van der Waals surface area contributed by atoms with E-state index in [-0.39, 0.29) is 16.7 Å². The fourth-order valence-electron chi connectivity index (χ4n) is 3.78. The van der Waals surface area contributed by atoms with Gasteiger partial charge in [-0.15, -0.1) is 0 Å². The molecular formula is C27H25FN4O4. The first kappa shape index (κ1) is 24.6. The van der Waals surface area contributed by atoms with Gasteiger partial charge in [-0.05, 0) is 62.7 Å². The Bertz CT molecular complexity index is 1580. The van der Waals surface area contributed by atoms with Crippen LogP contribution in [0.4, 0.5) is 21.5 Å². The van der Waals surface area contributed by atoms with Gasteiger partial charge in [0.15, 0.2) is 0 Å². The first-order chi connectivity index (χ1) is 17.0. The van der Waals surface area contributed by atoms with Crippen molar-refractivity contribution in [1.82, 2.24) is 9.55 Å². The number of rotatable bonds is 6. The number of carboxylic acid groups (broad SMARTS) is 1. The summed E-state index contributed by atoms with van der Waals surface area (Å²) in [4.78, 5) is 41.2. The van der Waals surface area contributed by atoms with Crippen molar-refractivity contribution in [1.29, 1.82) is 0 Å². The molecule has 0 saturated heterocycles. The van der Waals surface area contributed by atoms with Gasteiger partial charge in [-0.1, -0.05) is 18.2 Å². The summed E-state index contributed by atoms with van der Waals surface area (Å²) < 4.78 is 16.5. The molecule has 8 nitrogen and oxygen atoms in total. The Hall–Kier alpha value is -4.53. The quantitative estimate of drug-likeness (QED) is 0.361. The number of benzene rings is 3. The number of amides is 1. The number of carboxylic acids is 1. The minimum Gasteiger partial charge on any atom is -0.481 e. The second kappa shape index (κ2) is 9.26. The van der Waals surface area contributed by atoms with Crippen LogP contribution in [-0.4, -0.2) is 26.5 Å². The summed E-state index contributed by atoms with van der Waals surface area (Å²) >= 11 is 0. The Morgan fingerprint density at radius 3 is 2.50 bits per heavy atom. The highest BCUT2D eigenvalue weighted by Crippen LogP contribution is 2.29. The molecule has 0 aliphatic rings. The van der Waals surface area contributed by atoms with Crippen molar-refractivity contribution in [3.8, 4) is 0 Å². The molecule has 0 atom stereocenters. The molecular weight excluding hydrogens is 463 g/mol. The highest BCUT2D eigenvalue weighted by atomic mass is 19.1. The Labute approximate surface area is 206 Å². The molecule has 0 fully saturated rings. The summed E-state index contributed by atoms with van der Waals surface area (Å²) in [7, 11) is 1.63. The van der Waals surface area contributed by atoms with E-state index in [1.807, 2.05) is 6.92 Å². The monoisotopic (exact) mass is 488 g/mol. The van der Waals surface area contributed by atoms with Crippen LogP contribution in [0.5, 0.6) is 0 Å². The van der Waals surface area contributed by atoms with Crippen LogP contribution in [0.25, 0.3) is 10.9 Å². The number of anilines is 3. The third-order valence-electron chi connectivity index (χ3n) is 6.14. The van der Waals surface area contributed by atoms with E-state index in [0.29, 0.717) is 28.0 Å². The third-order valence-corrected chi connectivity index (χ3v) is 6.14. The standard InChI is InChI=1S/C27H25FN4O4/c1-15-8-9-17(31-24(33)18-6-5-7-20(23(18)28)27(2,3)26(35)36)13-22(15)30-16-10-11-21-19(12-16)25(34)32(4)14-29-21/h5-14,30H,1-4H3,(H,31,33)(H,35,36). The lowest BCUT2D eigenvalue weighted by atomic mass is 9.83. The molecule has 9 heteroatoms. The van der Waals surface area contributed by atoms with E-state index in [1.165, 1.54) is 42.9 Å². The maximum Gasteiger partial charge on any atom is 0.313 e. The van der Waals surface area contributed by atoms with E-state index >= 15 is 4.39 Å². The molecule has 0 aliphatic carbocycles. The number of nitrogens with one attached hydrogen (secondary N) is 2. The molecule has 0 saturated carbocycles. The summed E-state index contributed by atoms with van der Waals surface area (Å²) in [6.45, 7) is 4.64. The molecule has 3 aromatic carbocycles. The lowest BCUT2D eigenvalue weighted by Crippen LogP contribution is -2.30. The molecule has 4 rings (SSSR count). The van der Waals surface area contributed by atoms with Crippen LogP contribution in [0.2, 0.25) is 0 Å². The SMILES string of the molecule is Cc1ccc(NC(=O)c2cccc(C(C)(C)C(=O)O)c2F)cc1Nc1ccc2ncn(C)c(=O)c2c1. The molecule has 36 heavy (non-hydrogen) atoms. The number of carbonyl (C=O) groups is 2. The Morgan fingerprint density at radius 1 is 1.06 bits per heavy atom. The summed E-state index contributed by atoms with van der Waals surface area (Å²) in [5.41, 5.74) is 1.20. The van der Waals surface area contributed by atoms with Crippen LogP contribution in [0.1, 0.15) is 35.3 Å². The smallest absolute Gasteiger partial charge is 0.313 e. The number of fused-ring (bicyclic) bond motifs is 1. The van der Waals surface area contributed by atoms with Crippen molar-refractivity contribution in [2.75, 3.05) is 10.6 Å². The number of aryl methyl sites for hydroxylation is 2. The molecule has 0 unspecified atom stereocenters. The number of hydrogen-bond donors (Lipinski definition) is 3. The van der Waals surface area contributed by atoms with E-state index in [4.69, 9.17) is 0 Å². The maximum absolute atomic E-state index is 15.1. The van der Waals surface area contributed by atoms with E-state index in [2.05, 4.69) is 15.6 Å². The minimum absolute atomic E-state index is 0.0779. The molecule has 184 valence electrons. The van der Waals surface area contributed by atoms with Crippen LogP contribution in [0.3, 0.4) is 0 Å². The minimum atomic E-state index is -1.50. The number of aromatic nitrogens is 2. The van der Waals surface area contributed by atoms with Crippen molar-refractivity contribution in [2.24, 2.45) is 7.05 Å². The molecule has 4 aromatic rings. The van der Waals surface area contributed by atoms with Crippen LogP contribution in [0.15, 0.2) is 65.7 Å². The Kier molecular flexibility index (Phi) is 6.32. The second-order valence-electron chi connectivity index (χ2n) is 9.10. The van der Waals surface area contributed by atoms with Gasteiger partial charge in [0.2, 0.25) is 0 Å². The number of aliphatic carboxylic acids is 1. The average molecular weight is 489 g/mol. The van der Waals surface area contributed by atoms with Gasteiger partial charge in [-0.3, -0.25) is 14.4 Å². The van der Waals surface area contributed by atoms with Gasteiger partial charge in [0.1, 0.15) is 5.82 Å². The predicted octanol–water partition coefficient (Wildman–Crippen LogP) is 4.74. The molecule has 1 heterocycles. The lowest BCUT2D eigenvalue weighted by Gasteiger charge is -2.21. The first-order valence-corrected chi connectivity index (χ1v) is 11.2. The fourth-order valence-corrected chi connectivity index (χ4v) is 3.78. The zero-order valence-electron chi connectivity index (χ0n) is 20.2. The zero-order valence-corrected chi connectivity index (χ0v) is 20.2. The van der Waals surface area contributed by atoms with E-state index in [1.54, 1.807) is 43.4 Å². The van der Waals surface area contributed by atoms with Gasteiger partial charge in [0, 0.05) is 29.7 Å². The van der Waals surface area contributed by atoms with Crippen molar-refractivity contribution < 1.29 is 19.1 Å². The highest BCUT2D eigenvalue weighted by Gasteiger charge is 2.33. The maximum atomic E-state index is 15.1. The second-order valence-corrected chi connectivity index (χ2v) is 9.10. The van der Waals surface area contributed by atoms with E-state index in [0.717, 1.165) is 5.56 Å². The van der Waals surface area contributed by atoms with Crippen LogP contribution in [-0.2, 0) is 17.3 Å². The molecule has 0 radical (unpaired) electrons. The van der Waals surface area contributed by atoms with Crippen LogP contribution < -0.4 is 16.2 Å². The normalized spacial score (nSPS) is 11.4. The van der Waals surface area contributed by atoms with Gasteiger partial charge < -0.3 is 20.3 Å². The zero-order chi connectivity index (χ0) is 26.2. The van der Waals surface area contributed by atoms with Crippen LogP contribution >= 0.6 is 0 Å². The van der Waals surface area contributed by atoms with E-state index in [9.17, 15) is 19.5 Å². The van der Waals surface area contributed by atoms with Gasteiger partial charge in [0.05, 0.1) is 28.2 Å².